The van der Waals surface area contributed by atoms with Gasteiger partial charge in [-0.3, -0.25) is 0 Å². The van der Waals surface area contributed by atoms with Gasteiger partial charge in [0.1, 0.15) is 0 Å². The molecule has 0 saturated carbocycles. The van der Waals surface area contributed by atoms with Gasteiger partial charge in [-0.15, -0.1) is 0 Å². The summed E-state index contributed by atoms with van der Waals surface area (Å²) in [7, 11) is -0.886. The molecule has 0 aliphatic carbocycles. The Hall–Kier alpha value is 0.217. The maximum absolute atomic E-state index is 2.69. The Morgan fingerprint density at radius 1 is 0.417 bits per heavy atom. The van der Waals surface area contributed by atoms with Crippen LogP contribution in [0.4, 0.5) is 0 Å². The lowest BCUT2D eigenvalue weighted by Gasteiger charge is -2.26. The van der Waals surface area contributed by atoms with Gasteiger partial charge in [0.25, 0.3) is 0 Å². The second kappa shape index (κ2) is 18.0. The van der Waals surface area contributed by atoms with E-state index in [1.807, 2.05) is 0 Å². The van der Waals surface area contributed by atoms with Crippen molar-refractivity contribution in [1.29, 1.82) is 0 Å². The fourth-order valence-corrected chi connectivity index (χ4v) is 7.01. The monoisotopic (exact) mass is 354 g/mol. The maximum atomic E-state index is 2.69. The lowest BCUT2D eigenvalue weighted by atomic mass is 10.1. The first-order valence-corrected chi connectivity index (χ1v) is 14.8. The molecule has 0 nitrogen and oxygen atoms in total. The van der Waals surface area contributed by atoms with E-state index in [-0.39, 0.29) is 0 Å². The zero-order valence-electron chi connectivity index (χ0n) is 17.9. The van der Waals surface area contributed by atoms with Gasteiger partial charge in [0.2, 0.25) is 0 Å². The van der Waals surface area contributed by atoms with Crippen LogP contribution in [0.2, 0.25) is 24.7 Å². The Bertz CT molecular complexity index is 216. The fourth-order valence-electron chi connectivity index (χ4n) is 3.85. The van der Waals surface area contributed by atoms with Crippen molar-refractivity contribution in [2.24, 2.45) is 0 Å². The number of unbranched alkanes of at least 4 members (excludes halogenated alkanes) is 14. The van der Waals surface area contributed by atoms with Crippen LogP contribution in [0, 0.1) is 0 Å². The average Bonchev–Trinajstić information content (AvgIpc) is 2.59. The normalized spacial score (nSPS) is 12.0. The molecule has 0 rings (SSSR count). The van der Waals surface area contributed by atoms with Crippen LogP contribution < -0.4 is 0 Å². The minimum absolute atomic E-state index is 0.886. The Morgan fingerprint density at radius 2 is 0.708 bits per heavy atom. The SMILES string of the molecule is CCCCCCCCCC[Si](C)(CC)CCCCCCCCCC. The molecule has 0 heterocycles. The van der Waals surface area contributed by atoms with Gasteiger partial charge >= 0.3 is 0 Å². The van der Waals surface area contributed by atoms with Crippen LogP contribution >= 0.6 is 0 Å². The van der Waals surface area contributed by atoms with Crippen molar-refractivity contribution in [2.75, 3.05) is 0 Å². The molecule has 0 fully saturated rings. The Morgan fingerprint density at radius 3 is 1.00 bits per heavy atom. The summed E-state index contributed by atoms with van der Waals surface area (Å²) >= 11 is 0. The van der Waals surface area contributed by atoms with E-state index in [2.05, 4.69) is 27.3 Å². The molecule has 0 amide bonds. The van der Waals surface area contributed by atoms with E-state index < -0.39 is 8.07 Å². The highest BCUT2D eigenvalue weighted by Crippen LogP contribution is 2.27. The summed E-state index contributed by atoms with van der Waals surface area (Å²) in [5.74, 6) is 0. The topological polar surface area (TPSA) is 0 Å². The van der Waals surface area contributed by atoms with Gasteiger partial charge in [0.05, 0.1) is 8.07 Å². The molecule has 0 aromatic carbocycles. The van der Waals surface area contributed by atoms with Crippen LogP contribution in [0.5, 0.6) is 0 Å². The molecule has 1 heteroatoms. The zero-order chi connectivity index (χ0) is 17.9. The zero-order valence-corrected chi connectivity index (χ0v) is 18.9. The standard InChI is InChI=1S/C23H50Si/c1-5-8-10-12-14-16-18-20-22-24(4,7-3)23-21-19-17-15-13-11-9-6-2/h5-23H2,1-4H3. The summed E-state index contributed by atoms with van der Waals surface area (Å²) in [5.41, 5.74) is 0. The van der Waals surface area contributed by atoms with Crippen LogP contribution in [-0.4, -0.2) is 8.07 Å². The van der Waals surface area contributed by atoms with Gasteiger partial charge in [-0.2, -0.15) is 0 Å². The van der Waals surface area contributed by atoms with Crippen molar-refractivity contribution < 1.29 is 0 Å². The molecule has 0 aromatic heterocycles. The molecular formula is C23H50Si. The molecule has 0 spiro atoms. The summed E-state index contributed by atoms with van der Waals surface area (Å²) in [6.45, 7) is 9.78. The van der Waals surface area contributed by atoms with Gasteiger partial charge in [-0.05, 0) is 0 Å². The predicted octanol–water partition coefficient (Wildman–Crippen LogP) is 9.37. The lowest BCUT2D eigenvalue weighted by molar-refractivity contribution is 0.579. The first-order valence-electron chi connectivity index (χ1n) is 11.7. The second-order valence-electron chi connectivity index (χ2n) is 8.61. The molecule has 0 aliphatic heterocycles. The van der Waals surface area contributed by atoms with Crippen LogP contribution in [0.3, 0.4) is 0 Å². The van der Waals surface area contributed by atoms with Gasteiger partial charge < -0.3 is 0 Å². The summed E-state index contributed by atoms with van der Waals surface area (Å²) in [4.78, 5) is 0. The summed E-state index contributed by atoms with van der Waals surface area (Å²) in [6, 6.07) is 4.73. The van der Waals surface area contributed by atoms with Crippen LogP contribution in [0.25, 0.3) is 0 Å². The van der Waals surface area contributed by atoms with Crippen molar-refractivity contribution in [3.8, 4) is 0 Å². The minimum Gasteiger partial charge on any atom is -0.0692 e. The van der Waals surface area contributed by atoms with Gasteiger partial charge in [0.15, 0.2) is 0 Å². The molecule has 24 heavy (non-hydrogen) atoms. The van der Waals surface area contributed by atoms with Gasteiger partial charge in [0, 0.05) is 0 Å². The highest BCUT2D eigenvalue weighted by atomic mass is 28.3. The molecular weight excluding hydrogens is 304 g/mol. The molecule has 0 bridgehead atoms. The highest BCUT2D eigenvalue weighted by molar-refractivity contribution is 6.78. The van der Waals surface area contributed by atoms with Crippen molar-refractivity contribution in [2.45, 2.75) is 148 Å². The van der Waals surface area contributed by atoms with Crippen LogP contribution in [-0.2, 0) is 0 Å². The average molecular weight is 355 g/mol. The third kappa shape index (κ3) is 15.7. The lowest BCUT2D eigenvalue weighted by Crippen LogP contribution is -2.28. The van der Waals surface area contributed by atoms with Gasteiger partial charge in [-0.25, -0.2) is 0 Å². The predicted molar refractivity (Wildman–Crippen MR) is 117 cm³/mol. The largest absolute Gasteiger partial charge is 0.0692 e. The van der Waals surface area contributed by atoms with Crippen LogP contribution in [0.15, 0.2) is 0 Å². The van der Waals surface area contributed by atoms with Crippen molar-refractivity contribution >= 4 is 8.07 Å². The smallest absolute Gasteiger partial charge is 0.0502 e. The molecule has 146 valence electrons. The maximum Gasteiger partial charge on any atom is 0.0502 e. The number of hydrogen-bond donors (Lipinski definition) is 0. The van der Waals surface area contributed by atoms with E-state index in [9.17, 15) is 0 Å². The van der Waals surface area contributed by atoms with E-state index in [1.54, 1.807) is 12.1 Å². The second-order valence-corrected chi connectivity index (χ2v) is 13.9. The number of rotatable bonds is 19. The van der Waals surface area contributed by atoms with Gasteiger partial charge in [-0.1, -0.05) is 148 Å². The first-order chi connectivity index (χ1) is 11.7. The summed E-state index contributed by atoms with van der Waals surface area (Å²) < 4.78 is 0. The van der Waals surface area contributed by atoms with Crippen molar-refractivity contribution in [3.63, 3.8) is 0 Å². The van der Waals surface area contributed by atoms with E-state index in [1.165, 1.54) is 109 Å². The molecule has 0 saturated heterocycles. The summed E-state index contributed by atoms with van der Waals surface area (Å²) in [5, 5.41) is 0. The first kappa shape index (κ1) is 24.2. The van der Waals surface area contributed by atoms with E-state index >= 15 is 0 Å². The molecule has 0 N–H and O–H groups in total. The summed E-state index contributed by atoms with van der Waals surface area (Å²) in [6.07, 6.45) is 23.6. The fraction of sp³-hybridized carbons (Fsp3) is 1.00. The van der Waals surface area contributed by atoms with Crippen molar-refractivity contribution in [1.82, 2.24) is 0 Å². The molecule has 0 radical (unpaired) electrons. The Labute approximate surface area is 156 Å². The number of hydrogen-bond acceptors (Lipinski definition) is 0. The molecule has 0 atom stereocenters. The molecule has 0 aromatic rings. The Kier molecular flexibility index (Phi) is 18.2. The highest BCUT2D eigenvalue weighted by Gasteiger charge is 2.23. The van der Waals surface area contributed by atoms with E-state index in [0.717, 1.165) is 0 Å². The third-order valence-corrected chi connectivity index (χ3v) is 10.9. The van der Waals surface area contributed by atoms with E-state index in [4.69, 9.17) is 0 Å². The van der Waals surface area contributed by atoms with Crippen molar-refractivity contribution in [3.05, 3.63) is 0 Å². The molecule has 0 aliphatic rings. The third-order valence-electron chi connectivity index (χ3n) is 6.12. The molecule has 0 unspecified atom stereocenters. The minimum atomic E-state index is -0.886. The van der Waals surface area contributed by atoms with E-state index in [0.29, 0.717) is 0 Å². The Balaban J connectivity index is 3.51. The quantitative estimate of drug-likeness (QED) is 0.160. The van der Waals surface area contributed by atoms with Crippen LogP contribution in [0.1, 0.15) is 124 Å².